The van der Waals surface area contributed by atoms with Crippen molar-refractivity contribution >= 4 is 5.97 Å². The van der Waals surface area contributed by atoms with Crippen molar-refractivity contribution in [3.63, 3.8) is 0 Å². The summed E-state index contributed by atoms with van der Waals surface area (Å²) in [5.74, 6) is -0.472. The van der Waals surface area contributed by atoms with Gasteiger partial charge in [0.25, 0.3) is 0 Å². The second kappa shape index (κ2) is 6.06. The molecule has 1 heterocycles. The van der Waals surface area contributed by atoms with Gasteiger partial charge in [-0.2, -0.15) is 0 Å². The lowest BCUT2D eigenvalue weighted by Crippen LogP contribution is -2.09. The summed E-state index contributed by atoms with van der Waals surface area (Å²) in [5.41, 5.74) is 0.780. The summed E-state index contributed by atoms with van der Waals surface area (Å²) in [5, 5.41) is 9.22. The van der Waals surface area contributed by atoms with Crippen molar-refractivity contribution in [1.82, 2.24) is 4.98 Å². The summed E-state index contributed by atoms with van der Waals surface area (Å²) in [4.78, 5) is 15.4. The summed E-state index contributed by atoms with van der Waals surface area (Å²) in [7, 11) is 1.47. The van der Waals surface area contributed by atoms with Gasteiger partial charge in [0.15, 0.2) is 11.5 Å². The highest BCUT2D eigenvalue weighted by molar-refractivity contribution is 5.92. The zero-order valence-corrected chi connectivity index (χ0v) is 11.2. The van der Waals surface area contributed by atoms with Crippen LogP contribution in [-0.2, 0) is 0 Å². The number of rotatable bonds is 5. The first-order valence-electron chi connectivity index (χ1n) is 6.11. The van der Waals surface area contributed by atoms with Gasteiger partial charge in [-0.05, 0) is 31.2 Å². The Morgan fingerprint density at radius 2 is 2.05 bits per heavy atom. The molecule has 5 nitrogen and oxygen atoms in total. The van der Waals surface area contributed by atoms with E-state index in [0.717, 1.165) is 5.69 Å². The Balaban J connectivity index is 2.35. The highest BCUT2D eigenvalue weighted by Gasteiger charge is 2.19. The summed E-state index contributed by atoms with van der Waals surface area (Å²) < 4.78 is 10.9. The van der Waals surface area contributed by atoms with Crippen LogP contribution in [0.1, 0.15) is 29.1 Å². The third kappa shape index (κ3) is 2.88. The number of hydrogen-bond acceptors (Lipinski definition) is 4. The zero-order valence-electron chi connectivity index (χ0n) is 11.2. The third-order valence-electron chi connectivity index (χ3n) is 2.83. The van der Waals surface area contributed by atoms with Gasteiger partial charge in [-0.25, -0.2) is 4.79 Å². The lowest BCUT2D eigenvalue weighted by atomic mass is 10.1. The Kier molecular flexibility index (Phi) is 4.20. The molecule has 0 aliphatic heterocycles. The normalized spacial score (nSPS) is 11.7. The minimum atomic E-state index is -1.06. The van der Waals surface area contributed by atoms with Crippen LogP contribution in [0.5, 0.6) is 11.5 Å². The average Bonchev–Trinajstić information content (AvgIpc) is 2.48. The Labute approximate surface area is 116 Å². The molecule has 0 saturated carbocycles. The predicted octanol–water partition coefficient (Wildman–Crippen LogP) is 2.93. The number of aromatic nitrogens is 1. The van der Waals surface area contributed by atoms with Crippen molar-refractivity contribution in [1.29, 1.82) is 0 Å². The molecule has 0 radical (unpaired) electrons. The molecule has 0 fully saturated rings. The average molecular weight is 273 g/mol. The number of hydrogen-bond donors (Lipinski definition) is 1. The molecule has 0 aliphatic carbocycles. The number of nitrogens with zero attached hydrogens (tertiary/aromatic N) is 1. The van der Waals surface area contributed by atoms with Crippen LogP contribution in [0.3, 0.4) is 0 Å². The fourth-order valence-corrected chi connectivity index (χ4v) is 1.82. The van der Waals surface area contributed by atoms with Crippen LogP contribution < -0.4 is 9.47 Å². The molecule has 1 atom stereocenters. The van der Waals surface area contributed by atoms with Crippen molar-refractivity contribution in [3.05, 3.63) is 53.9 Å². The second-order valence-corrected chi connectivity index (χ2v) is 4.16. The van der Waals surface area contributed by atoms with Crippen LogP contribution in [0.4, 0.5) is 0 Å². The van der Waals surface area contributed by atoms with E-state index < -0.39 is 5.97 Å². The molecular formula is C15H15NO4. The van der Waals surface area contributed by atoms with Crippen molar-refractivity contribution in [2.24, 2.45) is 0 Å². The quantitative estimate of drug-likeness (QED) is 0.907. The number of carbonyl (C=O) groups is 1. The third-order valence-corrected chi connectivity index (χ3v) is 2.83. The molecule has 1 aromatic carbocycles. The molecule has 0 bridgehead atoms. The van der Waals surface area contributed by atoms with Gasteiger partial charge in [-0.1, -0.05) is 12.1 Å². The van der Waals surface area contributed by atoms with E-state index in [2.05, 4.69) is 4.98 Å². The highest BCUT2D eigenvalue weighted by Crippen LogP contribution is 2.34. The molecule has 2 aromatic rings. The van der Waals surface area contributed by atoms with Crippen molar-refractivity contribution in [3.8, 4) is 11.5 Å². The highest BCUT2D eigenvalue weighted by atomic mass is 16.5. The van der Waals surface area contributed by atoms with E-state index in [-0.39, 0.29) is 17.4 Å². The van der Waals surface area contributed by atoms with Crippen LogP contribution in [0, 0.1) is 0 Å². The molecule has 5 heteroatoms. The van der Waals surface area contributed by atoms with Crippen LogP contribution in [0.25, 0.3) is 0 Å². The van der Waals surface area contributed by atoms with E-state index in [1.54, 1.807) is 25.3 Å². The predicted molar refractivity (Wildman–Crippen MR) is 73.2 cm³/mol. The molecule has 0 saturated heterocycles. The molecule has 2 rings (SSSR count). The maximum Gasteiger partial charge on any atom is 0.339 e. The van der Waals surface area contributed by atoms with E-state index in [1.165, 1.54) is 13.2 Å². The van der Waals surface area contributed by atoms with Gasteiger partial charge in [0.05, 0.1) is 12.8 Å². The van der Waals surface area contributed by atoms with Crippen LogP contribution in [0.2, 0.25) is 0 Å². The van der Waals surface area contributed by atoms with Crippen molar-refractivity contribution in [2.45, 2.75) is 13.0 Å². The minimum Gasteiger partial charge on any atom is -0.493 e. The van der Waals surface area contributed by atoms with Gasteiger partial charge in [-0.15, -0.1) is 0 Å². The van der Waals surface area contributed by atoms with Crippen LogP contribution in [-0.4, -0.2) is 23.2 Å². The molecule has 0 aliphatic rings. The summed E-state index contributed by atoms with van der Waals surface area (Å²) in [6, 6.07) is 10.2. The largest absolute Gasteiger partial charge is 0.493 e. The molecule has 1 unspecified atom stereocenters. The lowest BCUT2D eigenvalue weighted by molar-refractivity contribution is 0.0688. The smallest absolute Gasteiger partial charge is 0.339 e. The Bertz CT molecular complexity index is 598. The first kappa shape index (κ1) is 13.9. The van der Waals surface area contributed by atoms with E-state index >= 15 is 0 Å². The first-order chi connectivity index (χ1) is 9.63. The Morgan fingerprint density at radius 1 is 1.25 bits per heavy atom. The van der Waals surface area contributed by atoms with E-state index in [0.29, 0.717) is 5.75 Å². The van der Waals surface area contributed by atoms with Gasteiger partial charge >= 0.3 is 5.97 Å². The maximum absolute atomic E-state index is 11.3. The molecule has 20 heavy (non-hydrogen) atoms. The standard InChI is InChI=1S/C15H15NO4/c1-10(12-7-3-4-9-16-12)20-14-11(15(17)18)6-5-8-13(14)19-2/h3-10H,1-2H3,(H,17,18). The van der Waals surface area contributed by atoms with E-state index in [4.69, 9.17) is 9.47 Å². The number of benzene rings is 1. The van der Waals surface area contributed by atoms with E-state index in [1.807, 2.05) is 18.2 Å². The van der Waals surface area contributed by atoms with Crippen molar-refractivity contribution < 1.29 is 19.4 Å². The van der Waals surface area contributed by atoms with Gasteiger partial charge in [-0.3, -0.25) is 4.98 Å². The Hall–Kier alpha value is -2.56. The molecule has 104 valence electrons. The molecule has 0 spiro atoms. The van der Waals surface area contributed by atoms with Gasteiger partial charge in [0.1, 0.15) is 11.7 Å². The fraction of sp³-hybridized carbons (Fsp3) is 0.200. The van der Waals surface area contributed by atoms with E-state index in [9.17, 15) is 9.90 Å². The fourth-order valence-electron chi connectivity index (χ4n) is 1.82. The van der Waals surface area contributed by atoms with Gasteiger partial charge in [0.2, 0.25) is 0 Å². The number of methoxy groups -OCH3 is 1. The zero-order chi connectivity index (χ0) is 14.5. The number of ether oxygens (including phenoxy) is 2. The van der Waals surface area contributed by atoms with Crippen molar-refractivity contribution in [2.75, 3.05) is 7.11 Å². The summed E-state index contributed by atoms with van der Waals surface area (Å²) in [6.07, 6.45) is 1.28. The SMILES string of the molecule is COc1cccc(C(=O)O)c1OC(C)c1ccccn1. The molecule has 1 N–H and O–H groups in total. The van der Waals surface area contributed by atoms with Gasteiger partial charge < -0.3 is 14.6 Å². The van der Waals surface area contributed by atoms with Crippen LogP contribution in [0.15, 0.2) is 42.6 Å². The molecular weight excluding hydrogens is 258 g/mol. The maximum atomic E-state index is 11.3. The number of carboxylic acid groups (broad SMARTS) is 1. The lowest BCUT2D eigenvalue weighted by Gasteiger charge is -2.18. The van der Waals surface area contributed by atoms with Crippen LogP contribution >= 0.6 is 0 Å². The Morgan fingerprint density at radius 3 is 2.65 bits per heavy atom. The second-order valence-electron chi connectivity index (χ2n) is 4.16. The minimum absolute atomic E-state index is 0.0622. The molecule has 0 amide bonds. The monoisotopic (exact) mass is 273 g/mol. The summed E-state index contributed by atoms with van der Waals surface area (Å²) in [6.45, 7) is 1.81. The number of para-hydroxylation sites is 1. The topological polar surface area (TPSA) is 68.7 Å². The molecule has 1 aromatic heterocycles. The summed E-state index contributed by atoms with van der Waals surface area (Å²) >= 11 is 0. The number of carboxylic acids is 1. The number of aromatic carboxylic acids is 1. The number of pyridine rings is 1. The van der Waals surface area contributed by atoms with Gasteiger partial charge in [0, 0.05) is 6.20 Å². The first-order valence-corrected chi connectivity index (χ1v) is 6.11.